The summed E-state index contributed by atoms with van der Waals surface area (Å²) in [5, 5.41) is 3.14. The molecule has 0 aliphatic rings. The minimum atomic E-state index is -3.90. The van der Waals surface area contributed by atoms with Crippen LogP contribution >= 0.6 is 23.2 Å². The lowest BCUT2D eigenvalue weighted by Gasteiger charge is -2.34. The zero-order valence-electron chi connectivity index (χ0n) is 20.7. The largest absolute Gasteiger partial charge is 0.352 e. The molecule has 0 bridgehead atoms. The number of nitrogens with zero attached hydrogens (tertiary/aromatic N) is 2. The molecule has 35 heavy (non-hydrogen) atoms. The number of hydrogen-bond acceptors (Lipinski definition) is 4. The zero-order valence-corrected chi connectivity index (χ0v) is 23.0. The Bertz CT molecular complexity index is 1160. The normalized spacial score (nSPS) is 13.1. The summed E-state index contributed by atoms with van der Waals surface area (Å²) in [6.45, 7) is 7.22. The van der Waals surface area contributed by atoms with E-state index in [1.54, 1.807) is 6.07 Å². The lowest BCUT2D eigenvalue weighted by molar-refractivity contribution is -0.140. The summed E-state index contributed by atoms with van der Waals surface area (Å²) >= 11 is 12.4. The van der Waals surface area contributed by atoms with Crippen molar-refractivity contribution in [1.29, 1.82) is 0 Å². The number of carbonyl (C=O) groups excluding carboxylic acids is 2. The molecule has 0 aliphatic heterocycles. The highest BCUT2D eigenvalue weighted by molar-refractivity contribution is 7.92. The molecule has 0 saturated heterocycles. The summed E-state index contributed by atoms with van der Waals surface area (Å²) in [7, 11) is -3.90. The number of carbonyl (C=O) groups is 2. The minimum absolute atomic E-state index is 0.0272. The standard InChI is InChI=1S/C25H33Cl2N3O4S/c1-6-18(4)28-25(32)21(7-2)29(15-19-12-9-8-11-17(19)3)23(31)16-30(35(5,33)34)22-14-10-13-20(26)24(22)27/h8-14,18,21H,6-7,15-16H2,1-5H3,(H,28,32)/t18-,21-/m0/s1. The van der Waals surface area contributed by atoms with Crippen molar-refractivity contribution in [2.75, 3.05) is 17.1 Å². The Morgan fingerprint density at radius 2 is 1.69 bits per heavy atom. The smallest absolute Gasteiger partial charge is 0.244 e. The maximum absolute atomic E-state index is 13.7. The van der Waals surface area contributed by atoms with Crippen molar-refractivity contribution in [3.63, 3.8) is 0 Å². The maximum Gasteiger partial charge on any atom is 0.244 e. The van der Waals surface area contributed by atoms with Gasteiger partial charge in [0.2, 0.25) is 21.8 Å². The predicted octanol–water partition coefficient (Wildman–Crippen LogP) is 4.79. The molecule has 0 saturated carbocycles. The van der Waals surface area contributed by atoms with Gasteiger partial charge in [0.1, 0.15) is 12.6 Å². The van der Waals surface area contributed by atoms with Crippen LogP contribution in [0.4, 0.5) is 5.69 Å². The van der Waals surface area contributed by atoms with Gasteiger partial charge in [-0.3, -0.25) is 13.9 Å². The Labute approximate surface area is 218 Å². The van der Waals surface area contributed by atoms with E-state index in [9.17, 15) is 18.0 Å². The number of anilines is 1. The molecule has 2 rings (SSSR count). The van der Waals surface area contributed by atoms with Crippen LogP contribution in [-0.2, 0) is 26.2 Å². The van der Waals surface area contributed by atoms with Crippen molar-refractivity contribution in [1.82, 2.24) is 10.2 Å². The van der Waals surface area contributed by atoms with Gasteiger partial charge < -0.3 is 10.2 Å². The summed E-state index contributed by atoms with van der Waals surface area (Å²) < 4.78 is 26.3. The van der Waals surface area contributed by atoms with E-state index in [0.717, 1.165) is 28.1 Å². The van der Waals surface area contributed by atoms with Crippen molar-refractivity contribution in [2.24, 2.45) is 0 Å². The predicted molar refractivity (Wildman–Crippen MR) is 142 cm³/mol. The van der Waals surface area contributed by atoms with E-state index in [-0.39, 0.29) is 34.2 Å². The maximum atomic E-state index is 13.7. The highest BCUT2D eigenvalue weighted by Crippen LogP contribution is 2.33. The van der Waals surface area contributed by atoms with Gasteiger partial charge in [-0.2, -0.15) is 0 Å². The number of rotatable bonds is 11. The van der Waals surface area contributed by atoms with Gasteiger partial charge in [0.15, 0.2) is 0 Å². The molecule has 0 spiro atoms. The third-order valence-corrected chi connectivity index (χ3v) is 7.80. The molecular formula is C25H33Cl2N3O4S. The lowest BCUT2D eigenvalue weighted by atomic mass is 10.1. The molecule has 10 heteroatoms. The van der Waals surface area contributed by atoms with Crippen LogP contribution in [-0.4, -0.2) is 50.0 Å². The Kier molecular flexibility index (Phi) is 10.4. The number of halogens is 2. The van der Waals surface area contributed by atoms with Gasteiger partial charge in [-0.25, -0.2) is 8.42 Å². The Balaban J connectivity index is 2.50. The number of nitrogens with one attached hydrogen (secondary N) is 1. The molecule has 2 aromatic carbocycles. The third-order valence-electron chi connectivity index (χ3n) is 5.87. The molecule has 2 aromatic rings. The minimum Gasteiger partial charge on any atom is -0.352 e. The average molecular weight is 543 g/mol. The fourth-order valence-corrected chi connectivity index (χ4v) is 4.91. The molecule has 192 valence electrons. The first kappa shape index (κ1) is 28.9. The molecule has 0 fully saturated rings. The molecule has 0 unspecified atom stereocenters. The molecule has 1 N–H and O–H groups in total. The van der Waals surface area contributed by atoms with Crippen LogP contribution < -0.4 is 9.62 Å². The van der Waals surface area contributed by atoms with E-state index >= 15 is 0 Å². The highest BCUT2D eigenvalue weighted by atomic mass is 35.5. The second kappa shape index (κ2) is 12.6. The molecule has 0 heterocycles. The monoisotopic (exact) mass is 541 g/mol. The Hall–Kier alpha value is -2.29. The number of hydrogen-bond donors (Lipinski definition) is 1. The molecule has 0 aliphatic carbocycles. The third kappa shape index (κ3) is 7.59. The van der Waals surface area contributed by atoms with Gasteiger partial charge in [0.25, 0.3) is 0 Å². The van der Waals surface area contributed by atoms with E-state index in [4.69, 9.17) is 23.2 Å². The van der Waals surface area contributed by atoms with Crippen molar-refractivity contribution in [3.05, 3.63) is 63.6 Å². The highest BCUT2D eigenvalue weighted by Gasteiger charge is 2.33. The van der Waals surface area contributed by atoms with Crippen LogP contribution in [0.15, 0.2) is 42.5 Å². The summed E-state index contributed by atoms with van der Waals surface area (Å²) in [4.78, 5) is 28.3. The number of amides is 2. The second-order valence-electron chi connectivity index (χ2n) is 8.53. The number of aryl methyl sites for hydroxylation is 1. The van der Waals surface area contributed by atoms with Gasteiger partial charge in [0, 0.05) is 12.6 Å². The lowest BCUT2D eigenvalue weighted by Crippen LogP contribution is -2.53. The van der Waals surface area contributed by atoms with Crippen LogP contribution in [0.1, 0.15) is 44.7 Å². The van der Waals surface area contributed by atoms with Gasteiger partial charge >= 0.3 is 0 Å². The Morgan fingerprint density at radius 3 is 2.26 bits per heavy atom. The molecule has 0 aromatic heterocycles. The zero-order chi connectivity index (χ0) is 26.3. The van der Waals surface area contributed by atoms with E-state index in [1.807, 2.05) is 52.0 Å². The summed E-state index contributed by atoms with van der Waals surface area (Å²) in [6.07, 6.45) is 2.09. The average Bonchev–Trinajstić information content (AvgIpc) is 2.79. The van der Waals surface area contributed by atoms with Crippen LogP contribution in [0, 0.1) is 6.92 Å². The van der Waals surface area contributed by atoms with Gasteiger partial charge in [-0.15, -0.1) is 0 Å². The molecule has 7 nitrogen and oxygen atoms in total. The Morgan fingerprint density at radius 1 is 1.03 bits per heavy atom. The summed E-state index contributed by atoms with van der Waals surface area (Å²) in [6, 6.07) is 11.3. The van der Waals surface area contributed by atoms with E-state index < -0.39 is 28.5 Å². The quantitative estimate of drug-likeness (QED) is 0.443. The van der Waals surface area contributed by atoms with Crippen LogP contribution in [0.3, 0.4) is 0 Å². The van der Waals surface area contributed by atoms with E-state index in [2.05, 4.69) is 5.32 Å². The van der Waals surface area contributed by atoms with Crippen LogP contribution in [0.5, 0.6) is 0 Å². The van der Waals surface area contributed by atoms with Gasteiger partial charge in [-0.05, 0) is 49.9 Å². The molecule has 2 atom stereocenters. The number of sulfonamides is 1. The fraction of sp³-hybridized carbons (Fsp3) is 0.440. The van der Waals surface area contributed by atoms with E-state index in [1.165, 1.54) is 17.0 Å². The number of benzene rings is 2. The van der Waals surface area contributed by atoms with Crippen molar-refractivity contribution < 1.29 is 18.0 Å². The van der Waals surface area contributed by atoms with Gasteiger partial charge in [-0.1, -0.05) is 67.4 Å². The van der Waals surface area contributed by atoms with Crippen molar-refractivity contribution >= 4 is 50.7 Å². The second-order valence-corrected chi connectivity index (χ2v) is 11.2. The SMILES string of the molecule is CC[C@H](C)NC(=O)[C@H](CC)N(Cc1ccccc1C)C(=O)CN(c1cccc(Cl)c1Cl)S(C)(=O)=O. The molecule has 0 radical (unpaired) electrons. The van der Waals surface area contributed by atoms with Crippen molar-refractivity contribution in [3.8, 4) is 0 Å². The first-order chi connectivity index (χ1) is 16.4. The molecule has 2 amide bonds. The first-order valence-electron chi connectivity index (χ1n) is 11.5. The van der Waals surface area contributed by atoms with Crippen molar-refractivity contribution in [2.45, 2.75) is 59.2 Å². The summed E-state index contributed by atoms with van der Waals surface area (Å²) in [5.74, 6) is -0.809. The first-order valence-corrected chi connectivity index (χ1v) is 14.1. The topological polar surface area (TPSA) is 86.8 Å². The van der Waals surface area contributed by atoms with Gasteiger partial charge in [0.05, 0.1) is 22.0 Å². The van der Waals surface area contributed by atoms with Crippen LogP contribution in [0.2, 0.25) is 10.0 Å². The summed E-state index contributed by atoms with van der Waals surface area (Å²) in [5.41, 5.74) is 1.92. The van der Waals surface area contributed by atoms with Crippen LogP contribution in [0.25, 0.3) is 0 Å². The fourth-order valence-electron chi connectivity index (χ4n) is 3.61. The van der Waals surface area contributed by atoms with E-state index in [0.29, 0.717) is 6.42 Å². The molecular weight excluding hydrogens is 509 g/mol.